The van der Waals surface area contributed by atoms with Crippen LogP contribution in [0, 0.1) is 0 Å². The molecule has 1 N–H and O–H groups in total. The average molecular weight is 292 g/mol. The third-order valence-electron chi connectivity index (χ3n) is 2.97. The fraction of sp³-hybridized carbons (Fsp3) is 0.312. The lowest BCUT2D eigenvalue weighted by atomic mass is 10.1. The van der Waals surface area contributed by atoms with Crippen LogP contribution in [0.1, 0.15) is 25.8 Å². The van der Waals surface area contributed by atoms with Crippen molar-refractivity contribution in [1.29, 1.82) is 0 Å². The summed E-state index contributed by atoms with van der Waals surface area (Å²) in [5, 5.41) is 1.86. The molecule has 0 spiro atoms. The molecular weight excluding hydrogens is 274 g/mol. The Hall–Kier alpha value is -1.74. The number of aromatic amines is 1. The molecule has 0 aliphatic carbocycles. The number of aromatic nitrogens is 1. The van der Waals surface area contributed by atoms with Crippen molar-refractivity contribution >= 4 is 28.5 Å². The second-order valence-corrected chi connectivity index (χ2v) is 5.43. The van der Waals surface area contributed by atoms with E-state index in [1.807, 2.05) is 38.2 Å². The summed E-state index contributed by atoms with van der Waals surface area (Å²) >= 11 is 6.01. The number of aryl methyl sites for hydroxylation is 1. The number of esters is 1. The van der Waals surface area contributed by atoms with Gasteiger partial charge in [-0.15, -0.1) is 0 Å². The van der Waals surface area contributed by atoms with Crippen LogP contribution in [-0.2, 0) is 16.0 Å². The Morgan fingerprint density at radius 2 is 2.20 bits per heavy atom. The summed E-state index contributed by atoms with van der Waals surface area (Å²) in [4.78, 5) is 14.6. The minimum Gasteiger partial charge on any atom is -0.463 e. The maximum absolute atomic E-state index is 11.3. The summed E-state index contributed by atoms with van der Waals surface area (Å²) in [5.74, 6) is -0.271. The number of carbonyl (C=O) groups excluding carboxylic acids is 1. The van der Waals surface area contributed by atoms with E-state index in [2.05, 4.69) is 4.98 Å². The standard InChI is InChI=1S/C16H18ClNO2/c1-11(2)8-16(19)20-7-3-4-12-10-18-15-6-5-13(17)9-14(12)15/h5-6,8-10,18H,3-4,7H2,1-2H3. The number of carbonyl (C=O) groups is 1. The van der Waals surface area contributed by atoms with Gasteiger partial charge < -0.3 is 9.72 Å². The molecule has 2 rings (SSSR count). The Balaban J connectivity index is 1.89. The fourth-order valence-corrected chi connectivity index (χ4v) is 2.24. The number of rotatable bonds is 5. The molecule has 20 heavy (non-hydrogen) atoms. The second-order valence-electron chi connectivity index (χ2n) is 5.00. The Morgan fingerprint density at radius 1 is 1.40 bits per heavy atom. The van der Waals surface area contributed by atoms with Crippen LogP contribution in [0.5, 0.6) is 0 Å². The fourth-order valence-electron chi connectivity index (χ4n) is 2.07. The minimum atomic E-state index is -0.271. The van der Waals surface area contributed by atoms with Gasteiger partial charge in [-0.3, -0.25) is 0 Å². The molecule has 1 aromatic carbocycles. The van der Waals surface area contributed by atoms with Crippen LogP contribution in [0.15, 0.2) is 36.0 Å². The van der Waals surface area contributed by atoms with Gasteiger partial charge in [-0.25, -0.2) is 4.79 Å². The Labute approximate surface area is 123 Å². The quantitative estimate of drug-likeness (QED) is 0.508. The average Bonchev–Trinajstić information content (AvgIpc) is 2.76. The van der Waals surface area contributed by atoms with Gasteiger partial charge in [0.05, 0.1) is 6.61 Å². The van der Waals surface area contributed by atoms with Gasteiger partial charge in [0.1, 0.15) is 0 Å². The SMILES string of the molecule is CC(C)=CC(=O)OCCCc1c[nH]c2ccc(Cl)cc12. The van der Waals surface area contributed by atoms with E-state index in [-0.39, 0.29) is 5.97 Å². The van der Waals surface area contributed by atoms with Crippen LogP contribution in [0.2, 0.25) is 5.02 Å². The summed E-state index contributed by atoms with van der Waals surface area (Å²) < 4.78 is 5.14. The van der Waals surface area contributed by atoms with Crippen LogP contribution in [0.25, 0.3) is 10.9 Å². The zero-order chi connectivity index (χ0) is 14.5. The zero-order valence-corrected chi connectivity index (χ0v) is 12.5. The zero-order valence-electron chi connectivity index (χ0n) is 11.7. The van der Waals surface area contributed by atoms with E-state index < -0.39 is 0 Å². The number of hydrogen-bond donors (Lipinski definition) is 1. The molecule has 0 atom stereocenters. The van der Waals surface area contributed by atoms with Crippen LogP contribution in [-0.4, -0.2) is 17.6 Å². The van der Waals surface area contributed by atoms with Gasteiger partial charge in [-0.2, -0.15) is 0 Å². The Kier molecular flexibility index (Phi) is 4.85. The number of benzene rings is 1. The van der Waals surface area contributed by atoms with Crippen molar-refractivity contribution in [3.8, 4) is 0 Å². The van der Waals surface area contributed by atoms with E-state index in [1.54, 1.807) is 0 Å². The van der Waals surface area contributed by atoms with Gasteiger partial charge in [-0.05, 0) is 50.5 Å². The number of halogens is 1. The first-order valence-electron chi connectivity index (χ1n) is 6.63. The molecular formula is C16H18ClNO2. The summed E-state index contributed by atoms with van der Waals surface area (Å²) in [6.45, 7) is 4.17. The van der Waals surface area contributed by atoms with E-state index in [0.29, 0.717) is 6.61 Å². The number of H-pyrrole nitrogens is 1. The van der Waals surface area contributed by atoms with Gasteiger partial charge in [-0.1, -0.05) is 17.2 Å². The number of hydrogen-bond acceptors (Lipinski definition) is 2. The summed E-state index contributed by atoms with van der Waals surface area (Å²) in [6.07, 6.45) is 5.13. The lowest BCUT2D eigenvalue weighted by Crippen LogP contribution is -2.03. The summed E-state index contributed by atoms with van der Waals surface area (Å²) in [7, 11) is 0. The van der Waals surface area contributed by atoms with Gasteiger partial charge in [0.15, 0.2) is 0 Å². The Bertz CT molecular complexity index is 639. The third kappa shape index (κ3) is 3.87. The van der Waals surface area contributed by atoms with Crippen LogP contribution in [0.3, 0.4) is 0 Å². The van der Waals surface area contributed by atoms with Crippen LogP contribution < -0.4 is 0 Å². The molecule has 0 unspecified atom stereocenters. The normalized spacial score (nSPS) is 10.6. The first kappa shape index (κ1) is 14.7. The molecule has 0 saturated heterocycles. The number of ether oxygens (including phenoxy) is 1. The monoisotopic (exact) mass is 291 g/mol. The predicted molar refractivity (Wildman–Crippen MR) is 82.0 cm³/mol. The molecule has 4 heteroatoms. The molecule has 1 heterocycles. The predicted octanol–water partition coefficient (Wildman–Crippen LogP) is 4.26. The molecule has 0 radical (unpaired) electrons. The lowest BCUT2D eigenvalue weighted by Gasteiger charge is -2.02. The largest absolute Gasteiger partial charge is 0.463 e. The van der Waals surface area contributed by atoms with Gasteiger partial charge in [0, 0.05) is 28.2 Å². The minimum absolute atomic E-state index is 0.271. The molecule has 2 aromatic rings. The van der Waals surface area contributed by atoms with Crippen molar-refractivity contribution < 1.29 is 9.53 Å². The van der Waals surface area contributed by atoms with Crippen molar-refractivity contribution in [2.45, 2.75) is 26.7 Å². The molecule has 0 aliphatic rings. The Morgan fingerprint density at radius 3 is 2.95 bits per heavy atom. The summed E-state index contributed by atoms with van der Waals surface area (Å²) in [5.41, 5.74) is 3.22. The molecule has 3 nitrogen and oxygen atoms in total. The lowest BCUT2D eigenvalue weighted by molar-refractivity contribution is -0.137. The highest BCUT2D eigenvalue weighted by Crippen LogP contribution is 2.23. The molecule has 0 fully saturated rings. The van der Waals surface area contributed by atoms with E-state index in [1.165, 1.54) is 11.6 Å². The first-order chi connectivity index (χ1) is 9.56. The number of nitrogens with one attached hydrogen (secondary N) is 1. The molecule has 0 aliphatic heterocycles. The molecule has 0 amide bonds. The topological polar surface area (TPSA) is 42.1 Å². The van der Waals surface area contributed by atoms with E-state index >= 15 is 0 Å². The molecule has 106 valence electrons. The van der Waals surface area contributed by atoms with Crippen LogP contribution >= 0.6 is 11.6 Å². The third-order valence-corrected chi connectivity index (χ3v) is 3.21. The number of fused-ring (bicyclic) bond motifs is 1. The smallest absolute Gasteiger partial charge is 0.330 e. The van der Waals surface area contributed by atoms with E-state index in [9.17, 15) is 4.79 Å². The van der Waals surface area contributed by atoms with Gasteiger partial charge >= 0.3 is 5.97 Å². The molecule has 0 bridgehead atoms. The van der Waals surface area contributed by atoms with E-state index in [0.717, 1.165) is 34.3 Å². The van der Waals surface area contributed by atoms with Gasteiger partial charge in [0.25, 0.3) is 0 Å². The van der Waals surface area contributed by atoms with Crippen molar-refractivity contribution in [3.63, 3.8) is 0 Å². The van der Waals surface area contributed by atoms with Crippen molar-refractivity contribution in [3.05, 3.63) is 46.6 Å². The second kappa shape index (κ2) is 6.62. The first-order valence-corrected chi connectivity index (χ1v) is 7.01. The summed E-state index contributed by atoms with van der Waals surface area (Å²) in [6, 6.07) is 5.79. The van der Waals surface area contributed by atoms with Gasteiger partial charge in [0.2, 0.25) is 0 Å². The number of allylic oxidation sites excluding steroid dienone is 1. The molecule has 1 aromatic heterocycles. The highest BCUT2D eigenvalue weighted by Gasteiger charge is 2.05. The highest BCUT2D eigenvalue weighted by atomic mass is 35.5. The van der Waals surface area contributed by atoms with E-state index in [4.69, 9.17) is 16.3 Å². The van der Waals surface area contributed by atoms with Crippen molar-refractivity contribution in [2.24, 2.45) is 0 Å². The van der Waals surface area contributed by atoms with Crippen LogP contribution in [0.4, 0.5) is 0 Å². The maximum Gasteiger partial charge on any atom is 0.330 e. The van der Waals surface area contributed by atoms with Crippen molar-refractivity contribution in [1.82, 2.24) is 4.98 Å². The molecule has 0 saturated carbocycles. The highest BCUT2D eigenvalue weighted by molar-refractivity contribution is 6.31. The van der Waals surface area contributed by atoms with Crippen molar-refractivity contribution in [2.75, 3.05) is 6.61 Å². The maximum atomic E-state index is 11.3.